The number of nitrogens with zero attached hydrogens (tertiary/aromatic N) is 4. The topological polar surface area (TPSA) is 59.4 Å². The number of fused-ring (bicyclic) bond motifs is 3. The average Bonchev–Trinajstić information content (AvgIpc) is 3.45. The lowest BCUT2D eigenvalue weighted by Crippen LogP contribution is -2.66. The number of aromatic nitrogens is 1. The van der Waals surface area contributed by atoms with E-state index in [4.69, 9.17) is 14.3 Å². The van der Waals surface area contributed by atoms with Crippen molar-refractivity contribution in [1.29, 1.82) is 0 Å². The van der Waals surface area contributed by atoms with Gasteiger partial charge < -0.3 is 19.2 Å². The van der Waals surface area contributed by atoms with Crippen LogP contribution in [0.3, 0.4) is 0 Å². The first-order chi connectivity index (χ1) is 15.7. The minimum atomic E-state index is -0.457. The molecule has 0 saturated carbocycles. The van der Waals surface area contributed by atoms with E-state index in [1.807, 2.05) is 24.4 Å². The van der Waals surface area contributed by atoms with Gasteiger partial charge in [0.15, 0.2) is 5.84 Å². The summed E-state index contributed by atoms with van der Waals surface area (Å²) in [5, 5.41) is 6.75. The van der Waals surface area contributed by atoms with Gasteiger partial charge in [-0.1, -0.05) is 5.16 Å². The number of benzene rings is 1. The molecule has 7 nitrogen and oxygen atoms in total. The van der Waals surface area contributed by atoms with E-state index in [1.54, 1.807) is 25.6 Å². The molecule has 1 aromatic carbocycles. The maximum atomic E-state index is 6.36. The Labute approximate surface area is 191 Å². The quantitative estimate of drug-likeness (QED) is 0.587. The van der Waals surface area contributed by atoms with Crippen LogP contribution in [0.25, 0.3) is 10.2 Å². The molecule has 3 fully saturated rings. The van der Waals surface area contributed by atoms with Crippen molar-refractivity contribution in [2.24, 2.45) is 11.1 Å². The molecule has 166 valence electrons. The minimum absolute atomic E-state index is 0.441. The standard InChI is InChI=1S/C24H26N4O3S/c1-29-19-4-3-16(21(12-19)30-2)14-28-23(17-11-22-20(25-13-17)7-10-32-22)26-31-24(28)15-27-8-5-18(24)6-9-27/h3-4,7,10-13,18H,5-6,8-9,14-15H2,1-2H3. The summed E-state index contributed by atoms with van der Waals surface area (Å²) in [5.41, 5.74) is 2.62. The summed E-state index contributed by atoms with van der Waals surface area (Å²) in [6, 6.07) is 10.2. The first-order valence-electron chi connectivity index (χ1n) is 11.0. The average molecular weight is 451 g/mol. The van der Waals surface area contributed by atoms with E-state index in [0.717, 1.165) is 71.2 Å². The van der Waals surface area contributed by atoms with Crippen molar-refractivity contribution in [3.63, 3.8) is 0 Å². The molecular formula is C24H26N4O3S. The predicted octanol–water partition coefficient (Wildman–Crippen LogP) is 3.93. The Morgan fingerprint density at radius 1 is 1.16 bits per heavy atom. The van der Waals surface area contributed by atoms with E-state index in [9.17, 15) is 0 Å². The van der Waals surface area contributed by atoms with Crippen molar-refractivity contribution < 1.29 is 14.3 Å². The molecule has 0 N–H and O–H groups in total. The molecule has 1 atom stereocenters. The normalized spacial score (nSPS) is 26.4. The minimum Gasteiger partial charge on any atom is -0.497 e. The Kier molecular flexibility index (Phi) is 4.73. The summed E-state index contributed by atoms with van der Waals surface area (Å²) in [7, 11) is 3.37. The van der Waals surface area contributed by atoms with Crippen LogP contribution in [0.4, 0.5) is 0 Å². The Morgan fingerprint density at radius 2 is 2.03 bits per heavy atom. The molecule has 2 aromatic heterocycles. The van der Waals surface area contributed by atoms with Crippen LogP contribution >= 0.6 is 11.3 Å². The number of ether oxygens (including phenoxy) is 2. The molecule has 32 heavy (non-hydrogen) atoms. The highest BCUT2D eigenvalue weighted by molar-refractivity contribution is 7.17. The molecule has 4 aliphatic rings. The van der Waals surface area contributed by atoms with Gasteiger partial charge in [-0.15, -0.1) is 11.3 Å². The number of methoxy groups -OCH3 is 2. The molecule has 3 saturated heterocycles. The molecule has 1 unspecified atom stereocenters. The first kappa shape index (κ1) is 19.8. The lowest BCUT2D eigenvalue weighted by molar-refractivity contribution is -0.198. The second-order valence-corrected chi connectivity index (χ2v) is 9.64. The molecule has 8 heteroatoms. The Balaban J connectivity index is 1.42. The number of piperidine rings is 3. The van der Waals surface area contributed by atoms with Gasteiger partial charge in [-0.05, 0) is 55.6 Å². The lowest BCUT2D eigenvalue weighted by atomic mass is 9.79. The number of amidine groups is 1. The van der Waals surface area contributed by atoms with Crippen molar-refractivity contribution in [2.45, 2.75) is 25.1 Å². The Hall–Kier alpha value is -2.84. The molecule has 7 rings (SSSR count). The Morgan fingerprint density at radius 3 is 2.78 bits per heavy atom. The van der Waals surface area contributed by atoms with Gasteiger partial charge in [0.2, 0.25) is 5.72 Å². The van der Waals surface area contributed by atoms with E-state index in [0.29, 0.717) is 12.5 Å². The third kappa shape index (κ3) is 3.04. The van der Waals surface area contributed by atoms with Crippen molar-refractivity contribution in [2.75, 3.05) is 33.9 Å². The van der Waals surface area contributed by atoms with Crippen LogP contribution in [0.15, 0.2) is 47.1 Å². The molecule has 1 spiro atoms. The van der Waals surface area contributed by atoms with Crippen molar-refractivity contribution in [1.82, 2.24) is 14.8 Å². The van der Waals surface area contributed by atoms with Crippen LogP contribution in [-0.4, -0.2) is 60.2 Å². The van der Waals surface area contributed by atoms with Crippen LogP contribution in [0.1, 0.15) is 24.0 Å². The monoisotopic (exact) mass is 450 g/mol. The summed E-state index contributed by atoms with van der Waals surface area (Å²) in [6.07, 6.45) is 4.17. The van der Waals surface area contributed by atoms with Gasteiger partial charge in [-0.3, -0.25) is 9.88 Å². The maximum Gasteiger partial charge on any atom is 0.227 e. The van der Waals surface area contributed by atoms with E-state index in [2.05, 4.69) is 37.5 Å². The van der Waals surface area contributed by atoms with Crippen molar-refractivity contribution >= 4 is 27.4 Å². The molecule has 0 radical (unpaired) electrons. The molecule has 0 aliphatic carbocycles. The number of pyridine rings is 1. The van der Waals surface area contributed by atoms with Gasteiger partial charge >= 0.3 is 0 Å². The number of rotatable bonds is 5. The molecule has 4 aliphatic heterocycles. The van der Waals surface area contributed by atoms with Crippen LogP contribution in [-0.2, 0) is 11.4 Å². The molecule has 0 amide bonds. The van der Waals surface area contributed by atoms with Gasteiger partial charge in [0.05, 0.1) is 37.5 Å². The summed E-state index contributed by atoms with van der Waals surface area (Å²) in [6.45, 7) is 3.76. The molecule has 2 bridgehead atoms. The molecule has 3 aromatic rings. The van der Waals surface area contributed by atoms with E-state index < -0.39 is 5.72 Å². The fraction of sp³-hybridized carbons (Fsp3) is 0.417. The summed E-state index contributed by atoms with van der Waals surface area (Å²) in [4.78, 5) is 15.9. The van der Waals surface area contributed by atoms with E-state index in [-0.39, 0.29) is 0 Å². The zero-order valence-corrected chi connectivity index (χ0v) is 19.1. The zero-order valence-electron chi connectivity index (χ0n) is 18.3. The highest BCUT2D eigenvalue weighted by atomic mass is 32.1. The fourth-order valence-corrected chi connectivity index (χ4v) is 6.12. The van der Waals surface area contributed by atoms with Gasteiger partial charge in [-0.2, -0.15) is 0 Å². The van der Waals surface area contributed by atoms with Crippen molar-refractivity contribution in [3.05, 3.63) is 53.0 Å². The van der Waals surface area contributed by atoms with Gasteiger partial charge in [0, 0.05) is 29.3 Å². The second-order valence-electron chi connectivity index (χ2n) is 8.69. The predicted molar refractivity (Wildman–Crippen MR) is 124 cm³/mol. The van der Waals surface area contributed by atoms with Crippen LogP contribution in [0.2, 0.25) is 0 Å². The number of hydrogen-bond donors (Lipinski definition) is 0. The molecular weight excluding hydrogens is 424 g/mol. The van der Waals surface area contributed by atoms with Crippen LogP contribution < -0.4 is 9.47 Å². The fourth-order valence-electron chi connectivity index (χ4n) is 5.34. The summed E-state index contributed by atoms with van der Waals surface area (Å²) in [5.74, 6) is 2.87. The van der Waals surface area contributed by atoms with Crippen molar-refractivity contribution in [3.8, 4) is 11.5 Å². The molecule has 6 heterocycles. The van der Waals surface area contributed by atoms with E-state index >= 15 is 0 Å². The lowest BCUT2D eigenvalue weighted by Gasteiger charge is -2.53. The smallest absolute Gasteiger partial charge is 0.227 e. The number of thiophene rings is 1. The van der Waals surface area contributed by atoms with Gasteiger partial charge in [0.1, 0.15) is 11.5 Å². The zero-order chi connectivity index (χ0) is 21.7. The summed E-state index contributed by atoms with van der Waals surface area (Å²) >= 11 is 1.70. The SMILES string of the molecule is COc1ccc(CN2C(c3cnc4ccsc4c3)=NOC23CN2CCC3CC2)c(OC)c1. The highest BCUT2D eigenvalue weighted by Gasteiger charge is 2.57. The summed E-state index contributed by atoms with van der Waals surface area (Å²) < 4.78 is 12.3. The Bertz CT molecular complexity index is 1190. The number of hydrogen-bond acceptors (Lipinski definition) is 8. The third-order valence-electron chi connectivity index (χ3n) is 7.06. The van der Waals surface area contributed by atoms with Crippen LogP contribution in [0, 0.1) is 5.92 Å². The highest BCUT2D eigenvalue weighted by Crippen LogP contribution is 2.45. The van der Waals surface area contributed by atoms with Gasteiger partial charge in [0.25, 0.3) is 0 Å². The number of oxime groups is 1. The van der Waals surface area contributed by atoms with E-state index in [1.165, 1.54) is 0 Å². The third-order valence-corrected chi connectivity index (χ3v) is 7.92. The first-order valence-corrected chi connectivity index (χ1v) is 11.9. The van der Waals surface area contributed by atoms with Gasteiger partial charge in [-0.25, -0.2) is 0 Å². The second kappa shape index (κ2) is 7.64. The maximum absolute atomic E-state index is 6.36. The largest absolute Gasteiger partial charge is 0.497 e. The van der Waals surface area contributed by atoms with Crippen LogP contribution in [0.5, 0.6) is 11.5 Å².